The Kier molecular flexibility index (Phi) is 5.27. The van der Waals surface area contributed by atoms with Crippen molar-refractivity contribution in [1.29, 1.82) is 0 Å². The van der Waals surface area contributed by atoms with Crippen molar-refractivity contribution in [2.75, 3.05) is 5.32 Å². The minimum atomic E-state index is -1.06. The second-order valence-corrected chi connectivity index (χ2v) is 7.70. The van der Waals surface area contributed by atoms with Gasteiger partial charge < -0.3 is 10.4 Å². The van der Waals surface area contributed by atoms with Crippen molar-refractivity contribution in [3.63, 3.8) is 0 Å². The number of halogens is 2. The number of fused-ring (bicyclic) bond motifs is 3. The number of nitrogens with zero attached hydrogens (tertiary/aromatic N) is 4. The first kappa shape index (κ1) is 20.7. The van der Waals surface area contributed by atoms with Crippen LogP contribution in [-0.2, 0) is 6.54 Å². The summed E-state index contributed by atoms with van der Waals surface area (Å²) < 4.78 is 14.6. The van der Waals surface area contributed by atoms with Gasteiger partial charge in [-0.25, -0.2) is 24.1 Å². The van der Waals surface area contributed by atoms with Crippen LogP contribution >= 0.6 is 11.6 Å². The van der Waals surface area contributed by atoms with E-state index in [1.54, 1.807) is 36.5 Å². The van der Waals surface area contributed by atoms with E-state index < -0.39 is 5.97 Å². The number of hydrogen-bond acceptors (Lipinski definition) is 6. The number of pyridine rings is 1. The Balaban J connectivity index is 1.57. The number of aliphatic imine (C=N–C) groups is 1. The van der Waals surface area contributed by atoms with E-state index in [1.807, 2.05) is 6.07 Å². The molecule has 0 fully saturated rings. The Hall–Kier alpha value is -4.17. The van der Waals surface area contributed by atoms with Gasteiger partial charge >= 0.3 is 5.97 Å². The smallest absolute Gasteiger partial charge is 0.337 e. The van der Waals surface area contributed by atoms with Gasteiger partial charge in [-0.1, -0.05) is 29.8 Å². The van der Waals surface area contributed by atoms with Crippen LogP contribution in [0.5, 0.6) is 0 Å². The van der Waals surface area contributed by atoms with Gasteiger partial charge in [0.1, 0.15) is 11.6 Å². The van der Waals surface area contributed by atoms with Crippen molar-refractivity contribution >= 4 is 35.0 Å². The molecule has 9 heteroatoms. The second kappa shape index (κ2) is 8.40. The van der Waals surface area contributed by atoms with Crippen molar-refractivity contribution < 1.29 is 14.3 Å². The molecule has 0 unspecified atom stereocenters. The lowest BCUT2D eigenvalue weighted by Gasteiger charge is -2.13. The molecule has 0 saturated heterocycles. The Morgan fingerprint density at radius 1 is 1.00 bits per heavy atom. The number of aromatic nitrogens is 3. The number of rotatable bonds is 4. The maximum Gasteiger partial charge on any atom is 0.337 e. The average Bonchev–Trinajstić information content (AvgIpc) is 2.96. The maximum atomic E-state index is 14.6. The molecule has 1 aliphatic heterocycles. The monoisotopic (exact) mass is 459 g/mol. The number of benzene rings is 2. The summed E-state index contributed by atoms with van der Waals surface area (Å²) in [5, 5.41) is 12.5. The predicted octanol–water partition coefficient (Wildman–Crippen LogP) is 5.12. The Bertz CT molecular complexity index is 1420. The van der Waals surface area contributed by atoms with Gasteiger partial charge in [-0.15, -0.1) is 0 Å². The molecule has 162 valence electrons. The molecule has 0 amide bonds. The number of carbonyl (C=O) groups is 1. The summed E-state index contributed by atoms with van der Waals surface area (Å²) in [6.45, 7) is 0.261. The zero-order valence-corrected chi connectivity index (χ0v) is 17.7. The minimum absolute atomic E-state index is 0.0759. The second-order valence-electron chi connectivity index (χ2n) is 7.26. The highest BCUT2D eigenvalue weighted by Gasteiger charge is 2.23. The third-order valence-corrected chi connectivity index (χ3v) is 5.38. The lowest BCUT2D eigenvalue weighted by atomic mass is 9.95. The van der Waals surface area contributed by atoms with Crippen LogP contribution in [0.4, 0.5) is 16.2 Å². The summed E-state index contributed by atoms with van der Waals surface area (Å²) >= 11 is 6.28. The molecule has 0 aliphatic carbocycles. The molecule has 7 nitrogen and oxygen atoms in total. The summed E-state index contributed by atoms with van der Waals surface area (Å²) in [6.07, 6.45) is 2.91. The van der Waals surface area contributed by atoms with Gasteiger partial charge in [-0.05, 0) is 36.4 Å². The molecule has 0 saturated carbocycles. The predicted molar refractivity (Wildman–Crippen MR) is 123 cm³/mol. The topological polar surface area (TPSA) is 100 Å². The highest BCUT2D eigenvalue weighted by molar-refractivity contribution is 6.31. The van der Waals surface area contributed by atoms with Crippen LogP contribution in [-0.4, -0.2) is 31.7 Å². The summed E-state index contributed by atoms with van der Waals surface area (Å²) in [7, 11) is 0. The van der Waals surface area contributed by atoms with Crippen LogP contribution in [0.25, 0.3) is 11.3 Å². The van der Waals surface area contributed by atoms with Crippen LogP contribution in [0, 0.1) is 5.82 Å². The molecule has 1 aliphatic rings. The van der Waals surface area contributed by atoms with Crippen LogP contribution in [0.3, 0.4) is 0 Å². The zero-order chi connectivity index (χ0) is 22.9. The molecule has 0 atom stereocenters. The van der Waals surface area contributed by atoms with Crippen LogP contribution in [0.1, 0.15) is 27.0 Å². The number of nitrogens with one attached hydrogen (secondary N) is 1. The van der Waals surface area contributed by atoms with Gasteiger partial charge in [-0.3, -0.25) is 4.99 Å². The first-order valence-electron chi connectivity index (χ1n) is 9.91. The SMILES string of the molecule is O=C(O)c1ccc(Nc2ncc3c(n2)-c2ccc(Cl)cc2C(c2ccccc2F)=NC3)nc1. The van der Waals surface area contributed by atoms with Crippen molar-refractivity contribution in [3.05, 3.63) is 100 Å². The van der Waals surface area contributed by atoms with E-state index >= 15 is 0 Å². The first-order chi connectivity index (χ1) is 16.0. The number of hydrogen-bond donors (Lipinski definition) is 2. The van der Waals surface area contributed by atoms with E-state index in [2.05, 4.69) is 25.3 Å². The first-order valence-corrected chi connectivity index (χ1v) is 10.3. The van der Waals surface area contributed by atoms with Gasteiger partial charge in [0.05, 0.1) is 23.5 Å². The van der Waals surface area contributed by atoms with Gasteiger partial charge in [-0.2, -0.15) is 0 Å². The molecular weight excluding hydrogens is 445 g/mol. The third kappa shape index (κ3) is 4.04. The normalized spacial score (nSPS) is 12.2. The molecule has 5 rings (SSSR count). The average molecular weight is 460 g/mol. The molecule has 3 heterocycles. The number of aromatic carboxylic acids is 1. The molecular formula is C24H15ClFN5O2. The third-order valence-electron chi connectivity index (χ3n) is 5.14. The minimum Gasteiger partial charge on any atom is -0.478 e. The fourth-order valence-corrected chi connectivity index (χ4v) is 3.75. The summed E-state index contributed by atoms with van der Waals surface area (Å²) in [6, 6.07) is 14.8. The Labute approximate surface area is 192 Å². The van der Waals surface area contributed by atoms with Crippen molar-refractivity contribution in [2.45, 2.75) is 6.54 Å². The fraction of sp³-hybridized carbons (Fsp3) is 0.0417. The largest absolute Gasteiger partial charge is 0.478 e. The number of carboxylic acid groups (broad SMARTS) is 1. The molecule has 2 aromatic heterocycles. The number of carboxylic acids is 1. The molecule has 0 bridgehead atoms. The van der Waals surface area contributed by atoms with Gasteiger partial charge in [0.25, 0.3) is 0 Å². The molecule has 0 radical (unpaired) electrons. The molecule has 2 aromatic carbocycles. The Morgan fingerprint density at radius 2 is 1.85 bits per heavy atom. The number of anilines is 2. The van der Waals surface area contributed by atoms with Crippen LogP contribution in [0.15, 0.2) is 72.0 Å². The van der Waals surface area contributed by atoms with Gasteiger partial charge in [0.15, 0.2) is 0 Å². The van der Waals surface area contributed by atoms with E-state index in [-0.39, 0.29) is 23.9 Å². The van der Waals surface area contributed by atoms with E-state index in [0.29, 0.717) is 33.4 Å². The van der Waals surface area contributed by atoms with E-state index in [0.717, 1.165) is 11.1 Å². The van der Waals surface area contributed by atoms with E-state index in [1.165, 1.54) is 24.4 Å². The lowest BCUT2D eigenvalue weighted by Crippen LogP contribution is -2.07. The molecule has 4 aromatic rings. The fourth-order valence-electron chi connectivity index (χ4n) is 3.58. The summed E-state index contributed by atoms with van der Waals surface area (Å²) in [4.78, 5) is 28.8. The van der Waals surface area contributed by atoms with Gasteiger partial charge in [0, 0.05) is 39.7 Å². The molecule has 0 spiro atoms. The highest BCUT2D eigenvalue weighted by Crippen LogP contribution is 2.34. The van der Waals surface area contributed by atoms with E-state index in [4.69, 9.17) is 16.7 Å². The van der Waals surface area contributed by atoms with Crippen molar-refractivity contribution in [3.8, 4) is 11.3 Å². The summed E-state index contributed by atoms with van der Waals surface area (Å²) in [5.41, 5.74) is 3.76. The molecule has 33 heavy (non-hydrogen) atoms. The van der Waals surface area contributed by atoms with Crippen LogP contribution < -0.4 is 5.32 Å². The quantitative estimate of drug-likeness (QED) is 0.439. The molecule has 2 N–H and O–H groups in total. The van der Waals surface area contributed by atoms with Crippen molar-refractivity contribution in [1.82, 2.24) is 15.0 Å². The maximum absolute atomic E-state index is 14.6. The zero-order valence-electron chi connectivity index (χ0n) is 17.0. The van der Waals surface area contributed by atoms with Crippen LogP contribution in [0.2, 0.25) is 5.02 Å². The Morgan fingerprint density at radius 3 is 2.61 bits per heavy atom. The highest BCUT2D eigenvalue weighted by atomic mass is 35.5. The van der Waals surface area contributed by atoms with Gasteiger partial charge in [0.2, 0.25) is 5.95 Å². The van der Waals surface area contributed by atoms with Crippen molar-refractivity contribution in [2.24, 2.45) is 4.99 Å². The summed E-state index contributed by atoms with van der Waals surface area (Å²) in [5.74, 6) is -0.763. The van der Waals surface area contributed by atoms with E-state index in [9.17, 15) is 9.18 Å². The standard InChI is InChI=1S/C24H15ClFN5O2/c25-15-6-7-16-18(9-15)22(17-3-1-2-4-19(17)26)28-11-14-12-29-24(31-21(14)16)30-20-8-5-13(10-27-20)23(32)33/h1-10,12H,11H2,(H,32,33)(H,27,29,30,31). The lowest BCUT2D eigenvalue weighted by molar-refractivity contribution is 0.0696.